The molecule has 0 saturated heterocycles. The van der Waals surface area contributed by atoms with Gasteiger partial charge in [-0.1, -0.05) is 6.58 Å². The van der Waals surface area contributed by atoms with Crippen LogP contribution >= 0.6 is 7.82 Å². The Labute approximate surface area is 62.4 Å². The van der Waals surface area contributed by atoms with Gasteiger partial charge in [-0.25, -0.2) is 9.36 Å². The van der Waals surface area contributed by atoms with Crippen LogP contribution in [0.15, 0.2) is 12.2 Å². The first-order valence-corrected chi connectivity index (χ1v) is 3.97. The molecule has 0 aromatic carbocycles. The standard InChI is InChI=1S/C4H7O6P/c1-3(4(5)6)2-10-11(7,8)9/h1-2H2,(H,5,6)(H2,7,8,9). The third kappa shape index (κ3) is 5.75. The van der Waals surface area contributed by atoms with E-state index in [4.69, 9.17) is 14.9 Å². The zero-order valence-corrected chi connectivity index (χ0v) is 6.32. The van der Waals surface area contributed by atoms with Gasteiger partial charge >= 0.3 is 13.8 Å². The summed E-state index contributed by atoms with van der Waals surface area (Å²) in [7, 11) is -4.58. The molecule has 6 nitrogen and oxygen atoms in total. The van der Waals surface area contributed by atoms with Crippen LogP contribution in [-0.4, -0.2) is 27.5 Å². The van der Waals surface area contributed by atoms with Crippen LogP contribution in [0.2, 0.25) is 0 Å². The van der Waals surface area contributed by atoms with E-state index in [-0.39, 0.29) is 0 Å². The molecule has 0 radical (unpaired) electrons. The number of hydrogen-bond acceptors (Lipinski definition) is 3. The number of carboxylic acid groups (broad SMARTS) is 1. The van der Waals surface area contributed by atoms with E-state index in [0.717, 1.165) is 0 Å². The van der Waals surface area contributed by atoms with Crippen LogP contribution < -0.4 is 0 Å². The molecule has 0 aromatic heterocycles. The van der Waals surface area contributed by atoms with Crippen molar-refractivity contribution in [3.8, 4) is 0 Å². The first-order chi connectivity index (χ1) is 4.83. The van der Waals surface area contributed by atoms with Crippen LogP contribution in [0, 0.1) is 0 Å². The summed E-state index contributed by atoms with van der Waals surface area (Å²) < 4.78 is 13.8. The summed E-state index contributed by atoms with van der Waals surface area (Å²) in [6.07, 6.45) is 0. The Hall–Kier alpha value is -0.680. The van der Waals surface area contributed by atoms with Crippen LogP contribution in [0.5, 0.6) is 0 Å². The van der Waals surface area contributed by atoms with Crippen LogP contribution in [0.3, 0.4) is 0 Å². The molecule has 0 atom stereocenters. The molecular weight excluding hydrogens is 175 g/mol. The molecule has 0 aliphatic heterocycles. The summed E-state index contributed by atoms with van der Waals surface area (Å²) in [5, 5.41) is 8.15. The van der Waals surface area contributed by atoms with Gasteiger partial charge in [-0.05, 0) is 0 Å². The van der Waals surface area contributed by atoms with E-state index in [0.29, 0.717) is 0 Å². The van der Waals surface area contributed by atoms with E-state index in [1.54, 1.807) is 0 Å². The fourth-order valence-corrected chi connectivity index (χ4v) is 0.548. The van der Waals surface area contributed by atoms with Crippen molar-refractivity contribution in [3.63, 3.8) is 0 Å². The number of hydrogen-bond donors (Lipinski definition) is 3. The van der Waals surface area contributed by atoms with Crippen molar-refractivity contribution in [1.29, 1.82) is 0 Å². The molecule has 0 aliphatic rings. The molecule has 7 heteroatoms. The predicted octanol–water partition coefficient (Wildman–Crippen LogP) is -0.264. The highest BCUT2D eigenvalue weighted by atomic mass is 31.2. The Kier molecular flexibility index (Phi) is 3.41. The summed E-state index contributed by atoms with van der Waals surface area (Å²) in [4.78, 5) is 26.2. The second kappa shape index (κ2) is 3.64. The van der Waals surface area contributed by atoms with Crippen LogP contribution in [0.4, 0.5) is 0 Å². The summed E-state index contributed by atoms with van der Waals surface area (Å²) in [5.41, 5.74) is -0.409. The summed E-state index contributed by atoms with van der Waals surface area (Å²) in [6, 6.07) is 0. The number of phosphoric ester groups is 1. The molecule has 0 heterocycles. The highest BCUT2D eigenvalue weighted by Crippen LogP contribution is 2.35. The lowest BCUT2D eigenvalue weighted by molar-refractivity contribution is -0.133. The SMILES string of the molecule is C=C(COP(=O)(O)O)C(=O)O. The number of carboxylic acids is 1. The molecule has 0 spiro atoms. The molecule has 0 amide bonds. The van der Waals surface area contributed by atoms with E-state index >= 15 is 0 Å². The maximum Gasteiger partial charge on any atom is 0.469 e. The van der Waals surface area contributed by atoms with Gasteiger partial charge in [0.2, 0.25) is 0 Å². The maximum absolute atomic E-state index is 10.00. The fraction of sp³-hybridized carbons (Fsp3) is 0.250. The van der Waals surface area contributed by atoms with Gasteiger partial charge < -0.3 is 14.9 Å². The minimum atomic E-state index is -4.58. The molecule has 0 rings (SSSR count). The number of phosphoric acid groups is 1. The second-order valence-corrected chi connectivity index (χ2v) is 2.91. The van der Waals surface area contributed by atoms with E-state index in [2.05, 4.69) is 11.1 Å². The Balaban J connectivity index is 3.82. The molecule has 0 aliphatic carbocycles. The van der Waals surface area contributed by atoms with Gasteiger partial charge in [0.05, 0.1) is 12.2 Å². The summed E-state index contributed by atoms with van der Waals surface area (Å²) >= 11 is 0. The minimum absolute atomic E-state index is 0.409. The molecule has 0 aromatic rings. The van der Waals surface area contributed by atoms with Crippen molar-refractivity contribution in [1.82, 2.24) is 0 Å². The van der Waals surface area contributed by atoms with Crippen molar-refractivity contribution in [3.05, 3.63) is 12.2 Å². The normalized spacial score (nSPS) is 11.1. The first-order valence-electron chi connectivity index (χ1n) is 2.44. The highest BCUT2D eigenvalue weighted by molar-refractivity contribution is 7.46. The average Bonchev–Trinajstić information content (AvgIpc) is 1.80. The predicted molar refractivity (Wildman–Crippen MR) is 34.8 cm³/mol. The van der Waals surface area contributed by atoms with Gasteiger partial charge in [-0.15, -0.1) is 0 Å². The fourth-order valence-electron chi connectivity index (χ4n) is 0.224. The number of carbonyl (C=O) groups is 1. The zero-order valence-electron chi connectivity index (χ0n) is 5.43. The van der Waals surface area contributed by atoms with Gasteiger partial charge in [0, 0.05) is 0 Å². The van der Waals surface area contributed by atoms with Crippen LogP contribution in [0.1, 0.15) is 0 Å². The maximum atomic E-state index is 10.00. The molecule has 0 saturated carbocycles. The van der Waals surface area contributed by atoms with Gasteiger partial charge in [-0.3, -0.25) is 4.52 Å². The second-order valence-electron chi connectivity index (χ2n) is 1.67. The third-order valence-electron chi connectivity index (χ3n) is 0.709. The van der Waals surface area contributed by atoms with Crippen molar-refractivity contribution < 1.29 is 28.8 Å². The lowest BCUT2D eigenvalue weighted by Crippen LogP contribution is -2.05. The Bertz CT molecular complexity index is 215. The van der Waals surface area contributed by atoms with E-state index in [1.807, 2.05) is 0 Å². The van der Waals surface area contributed by atoms with Gasteiger partial charge in [0.15, 0.2) is 0 Å². The van der Waals surface area contributed by atoms with Crippen molar-refractivity contribution in [2.75, 3.05) is 6.61 Å². The topological polar surface area (TPSA) is 104 Å². The molecule has 0 unspecified atom stereocenters. The third-order valence-corrected chi connectivity index (χ3v) is 1.17. The Morgan fingerprint density at radius 3 is 2.27 bits per heavy atom. The zero-order chi connectivity index (χ0) is 9.07. The summed E-state index contributed by atoms with van der Waals surface area (Å²) in [5.74, 6) is -1.35. The van der Waals surface area contributed by atoms with Gasteiger partial charge in [0.25, 0.3) is 0 Å². The number of rotatable bonds is 4. The highest BCUT2D eigenvalue weighted by Gasteiger charge is 2.15. The summed E-state index contributed by atoms with van der Waals surface area (Å²) in [6.45, 7) is 2.31. The minimum Gasteiger partial charge on any atom is -0.478 e. The van der Waals surface area contributed by atoms with E-state index in [9.17, 15) is 9.36 Å². The molecule has 64 valence electrons. The van der Waals surface area contributed by atoms with Crippen LogP contribution in [-0.2, 0) is 13.9 Å². The van der Waals surface area contributed by atoms with E-state index < -0.39 is 26.0 Å². The van der Waals surface area contributed by atoms with Gasteiger partial charge in [0.1, 0.15) is 0 Å². The molecule has 0 bridgehead atoms. The lowest BCUT2D eigenvalue weighted by atomic mass is 10.3. The molecule has 3 N–H and O–H groups in total. The first kappa shape index (κ1) is 10.3. The average molecular weight is 182 g/mol. The van der Waals surface area contributed by atoms with Gasteiger partial charge in [-0.2, -0.15) is 0 Å². The van der Waals surface area contributed by atoms with Crippen molar-refractivity contribution >= 4 is 13.8 Å². The molecule has 0 fully saturated rings. The van der Waals surface area contributed by atoms with Crippen LogP contribution in [0.25, 0.3) is 0 Å². The molecule has 11 heavy (non-hydrogen) atoms. The van der Waals surface area contributed by atoms with E-state index in [1.165, 1.54) is 0 Å². The monoisotopic (exact) mass is 182 g/mol. The largest absolute Gasteiger partial charge is 0.478 e. The lowest BCUT2D eigenvalue weighted by Gasteiger charge is -2.03. The molecular formula is C4H7O6P. The quantitative estimate of drug-likeness (QED) is 0.408. The van der Waals surface area contributed by atoms with Crippen molar-refractivity contribution in [2.45, 2.75) is 0 Å². The smallest absolute Gasteiger partial charge is 0.469 e. The Morgan fingerprint density at radius 2 is 2.00 bits per heavy atom. The van der Waals surface area contributed by atoms with Crippen molar-refractivity contribution in [2.24, 2.45) is 0 Å². The number of aliphatic carboxylic acids is 1. The Morgan fingerprint density at radius 1 is 1.55 bits per heavy atom.